The summed E-state index contributed by atoms with van der Waals surface area (Å²) >= 11 is 0. The van der Waals surface area contributed by atoms with Crippen LogP contribution >= 0.6 is 0 Å². The predicted molar refractivity (Wildman–Crippen MR) is 83.2 cm³/mol. The standard InChI is InChI=1S/C15H18N4O6/c16-10-6-17-19(15(23)18-10)13-12(21)11(20)9(25-13)7-24-14(22)8-4-2-1-3-5-8/h1-6,9,11-13,17,20-21H,7,16H2,(H,18,23)/t9-,11-,12-,13+/m0/s1. The smallest absolute Gasteiger partial charge is 0.344 e. The maximum absolute atomic E-state index is 11.9. The van der Waals surface area contributed by atoms with Crippen LogP contribution in [0.5, 0.6) is 0 Å². The molecule has 1 saturated heterocycles. The lowest BCUT2D eigenvalue weighted by molar-refractivity contribution is -0.0934. The summed E-state index contributed by atoms with van der Waals surface area (Å²) in [4.78, 5) is 23.8. The first kappa shape index (κ1) is 17.0. The number of ether oxygens (including phenoxy) is 2. The van der Waals surface area contributed by atoms with E-state index in [1.54, 1.807) is 30.3 Å². The van der Waals surface area contributed by atoms with Gasteiger partial charge in [-0.2, -0.15) is 0 Å². The zero-order valence-corrected chi connectivity index (χ0v) is 13.0. The molecule has 4 atom stereocenters. The lowest BCUT2D eigenvalue weighted by Crippen LogP contribution is -2.59. The van der Waals surface area contributed by atoms with Gasteiger partial charge in [0.15, 0.2) is 6.23 Å². The van der Waals surface area contributed by atoms with E-state index in [4.69, 9.17) is 15.2 Å². The zero-order chi connectivity index (χ0) is 18.0. The Labute approximate surface area is 142 Å². The number of nitrogens with two attached hydrogens (primary N) is 1. The van der Waals surface area contributed by atoms with Crippen LogP contribution in [0.3, 0.4) is 0 Å². The zero-order valence-electron chi connectivity index (χ0n) is 13.0. The summed E-state index contributed by atoms with van der Waals surface area (Å²) in [5.41, 5.74) is 8.35. The molecular weight excluding hydrogens is 332 g/mol. The van der Waals surface area contributed by atoms with Crippen LogP contribution < -0.4 is 16.5 Å². The van der Waals surface area contributed by atoms with Gasteiger partial charge in [0.25, 0.3) is 0 Å². The molecule has 6 N–H and O–H groups in total. The highest BCUT2D eigenvalue weighted by Crippen LogP contribution is 2.24. The molecule has 1 aromatic rings. The molecule has 0 bridgehead atoms. The van der Waals surface area contributed by atoms with Gasteiger partial charge < -0.3 is 25.4 Å². The fourth-order valence-corrected chi connectivity index (χ4v) is 2.50. The number of aliphatic hydroxyl groups is 2. The number of esters is 1. The number of hydrogen-bond donors (Lipinski definition) is 5. The summed E-state index contributed by atoms with van der Waals surface area (Å²) in [6, 6.07) is 7.67. The third-order valence-electron chi connectivity index (χ3n) is 3.81. The number of carbonyl (C=O) groups excluding carboxylic acids is 2. The summed E-state index contributed by atoms with van der Waals surface area (Å²) in [5, 5.41) is 23.5. The second-order valence-corrected chi connectivity index (χ2v) is 5.54. The molecule has 0 aliphatic carbocycles. The average Bonchev–Trinajstić information content (AvgIpc) is 2.89. The molecule has 2 amide bonds. The third kappa shape index (κ3) is 3.50. The lowest BCUT2D eigenvalue weighted by Gasteiger charge is -2.32. The van der Waals surface area contributed by atoms with Crippen molar-refractivity contribution in [2.45, 2.75) is 24.5 Å². The summed E-state index contributed by atoms with van der Waals surface area (Å²) in [5.74, 6) is -0.485. The number of hydrogen-bond acceptors (Lipinski definition) is 8. The van der Waals surface area contributed by atoms with Gasteiger partial charge in [0.2, 0.25) is 0 Å². The highest BCUT2D eigenvalue weighted by molar-refractivity contribution is 5.89. The van der Waals surface area contributed by atoms with Crippen LogP contribution in [0.15, 0.2) is 42.4 Å². The minimum atomic E-state index is -1.40. The normalized spacial score (nSPS) is 28.8. The van der Waals surface area contributed by atoms with Crippen LogP contribution in [0, 0.1) is 0 Å². The van der Waals surface area contributed by atoms with Crippen molar-refractivity contribution in [2.75, 3.05) is 6.61 Å². The highest BCUT2D eigenvalue weighted by Gasteiger charge is 2.48. The average molecular weight is 350 g/mol. The Morgan fingerprint density at radius 3 is 2.68 bits per heavy atom. The number of amides is 2. The van der Waals surface area contributed by atoms with E-state index < -0.39 is 36.5 Å². The predicted octanol–water partition coefficient (Wildman–Crippen LogP) is -1.42. The topological polar surface area (TPSA) is 146 Å². The van der Waals surface area contributed by atoms with E-state index in [9.17, 15) is 19.8 Å². The van der Waals surface area contributed by atoms with Gasteiger partial charge in [-0.1, -0.05) is 18.2 Å². The van der Waals surface area contributed by atoms with Crippen molar-refractivity contribution in [1.29, 1.82) is 0 Å². The van der Waals surface area contributed by atoms with Gasteiger partial charge in [-0.05, 0) is 12.1 Å². The van der Waals surface area contributed by atoms with E-state index in [-0.39, 0.29) is 12.4 Å². The largest absolute Gasteiger partial charge is 0.459 e. The van der Waals surface area contributed by atoms with Crippen molar-refractivity contribution in [3.05, 3.63) is 47.9 Å². The minimum absolute atomic E-state index is 0.0997. The fourth-order valence-electron chi connectivity index (χ4n) is 2.50. The first-order chi connectivity index (χ1) is 12.0. The molecule has 1 aromatic carbocycles. The summed E-state index contributed by atoms with van der Waals surface area (Å²) in [6.07, 6.45) is -3.62. The van der Waals surface area contributed by atoms with Crippen molar-refractivity contribution in [2.24, 2.45) is 5.73 Å². The highest BCUT2D eigenvalue weighted by atomic mass is 16.6. The Morgan fingerprint density at radius 1 is 1.28 bits per heavy atom. The van der Waals surface area contributed by atoms with Gasteiger partial charge in [-0.3, -0.25) is 10.7 Å². The van der Waals surface area contributed by atoms with Gasteiger partial charge in [0.1, 0.15) is 30.7 Å². The van der Waals surface area contributed by atoms with E-state index in [1.807, 2.05) is 0 Å². The van der Waals surface area contributed by atoms with Crippen molar-refractivity contribution in [3.8, 4) is 0 Å². The second kappa shape index (κ2) is 6.97. The van der Waals surface area contributed by atoms with Crippen molar-refractivity contribution >= 4 is 12.0 Å². The molecule has 2 aliphatic heterocycles. The number of nitrogens with one attached hydrogen (secondary N) is 2. The third-order valence-corrected chi connectivity index (χ3v) is 3.81. The van der Waals surface area contributed by atoms with Gasteiger partial charge in [-0.15, -0.1) is 0 Å². The van der Waals surface area contributed by atoms with Gasteiger partial charge in [0.05, 0.1) is 11.8 Å². The molecule has 25 heavy (non-hydrogen) atoms. The van der Waals surface area contributed by atoms with Crippen LogP contribution in [0.2, 0.25) is 0 Å². The van der Waals surface area contributed by atoms with Crippen molar-refractivity contribution in [3.63, 3.8) is 0 Å². The first-order valence-corrected chi connectivity index (χ1v) is 7.53. The molecule has 10 heteroatoms. The van der Waals surface area contributed by atoms with E-state index in [1.165, 1.54) is 6.20 Å². The molecule has 10 nitrogen and oxygen atoms in total. The molecule has 3 rings (SSSR count). The second-order valence-electron chi connectivity index (χ2n) is 5.54. The van der Waals surface area contributed by atoms with Gasteiger partial charge in [0, 0.05) is 0 Å². The molecule has 0 radical (unpaired) electrons. The SMILES string of the molecule is NC1=CNN([C@@H]2O[C@@H](COC(=O)c3ccccc3)[C@H](O)[C@@H]2O)C(=O)N1. The number of nitrogens with zero attached hydrogens (tertiary/aromatic N) is 1. The summed E-state index contributed by atoms with van der Waals surface area (Å²) < 4.78 is 10.6. The van der Waals surface area contributed by atoms with Crippen LogP contribution in [0.25, 0.3) is 0 Å². The molecule has 0 saturated carbocycles. The molecule has 0 unspecified atom stereocenters. The van der Waals surface area contributed by atoms with E-state index in [0.717, 1.165) is 5.01 Å². The molecular formula is C15H18N4O6. The Bertz CT molecular complexity index is 682. The molecule has 2 heterocycles. The molecule has 0 aromatic heterocycles. The number of aliphatic hydroxyl groups excluding tert-OH is 2. The first-order valence-electron chi connectivity index (χ1n) is 7.53. The quantitative estimate of drug-likeness (QED) is 0.416. The lowest BCUT2D eigenvalue weighted by atomic mass is 10.1. The van der Waals surface area contributed by atoms with Crippen molar-refractivity contribution in [1.82, 2.24) is 15.8 Å². The number of benzene rings is 1. The van der Waals surface area contributed by atoms with Crippen LogP contribution in [-0.2, 0) is 9.47 Å². The van der Waals surface area contributed by atoms with Crippen LogP contribution in [-0.4, -0.2) is 58.4 Å². The van der Waals surface area contributed by atoms with E-state index in [0.29, 0.717) is 5.56 Å². The molecule has 0 spiro atoms. The fraction of sp³-hybridized carbons (Fsp3) is 0.333. The van der Waals surface area contributed by atoms with E-state index in [2.05, 4.69) is 10.7 Å². The number of urea groups is 1. The monoisotopic (exact) mass is 350 g/mol. The number of hydrazine groups is 1. The molecule has 2 aliphatic rings. The van der Waals surface area contributed by atoms with E-state index >= 15 is 0 Å². The Hall–Kier alpha value is -2.82. The summed E-state index contributed by atoms with van der Waals surface area (Å²) in [6.45, 7) is -0.282. The van der Waals surface area contributed by atoms with Gasteiger partial charge in [-0.25, -0.2) is 14.6 Å². The van der Waals surface area contributed by atoms with Crippen LogP contribution in [0.1, 0.15) is 10.4 Å². The number of rotatable bonds is 4. The summed E-state index contributed by atoms with van der Waals surface area (Å²) in [7, 11) is 0. The Kier molecular flexibility index (Phi) is 4.74. The number of carbonyl (C=O) groups is 2. The maximum atomic E-state index is 11.9. The minimum Gasteiger partial charge on any atom is -0.459 e. The van der Waals surface area contributed by atoms with Crippen molar-refractivity contribution < 1.29 is 29.3 Å². The molecule has 1 fully saturated rings. The Morgan fingerprint density at radius 2 is 2.00 bits per heavy atom. The maximum Gasteiger partial charge on any atom is 0.344 e. The van der Waals surface area contributed by atoms with Crippen LogP contribution in [0.4, 0.5) is 4.79 Å². The molecule has 134 valence electrons. The Balaban J connectivity index is 1.60. The van der Waals surface area contributed by atoms with Gasteiger partial charge >= 0.3 is 12.0 Å².